The first-order chi connectivity index (χ1) is 7.59. The molecule has 6 nitrogen and oxygen atoms in total. The molecule has 2 rings (SSSR count). The lowest BCUT2D eigenvalue weighted by Crippen LogP contribution is -2.34. The monoisotopic (exact) mass is 236 g/mol. The molecule has 0 bridgehead atoms. The Balaban J connectivity index is 2.52. The molecule has 0 aliphatic heterocycles. The number of aromatic nitrogens is 2. The lowest BCUT2D eigenvalue weighted by atomic mass is 10.1. The third-order valence-corrected chi connectivity index (χ3v) is 2.89. The van der Waals surface area contributed by atoms with E-state index in [0.29, 0.717) is 5.52 Å². The molecule has 2 heterocycles. The molecule has 0 unspecified atom stereocenters. The number of carbonyl (C=O) groups is 2. The van der Waals surface area contributed by atoms with E-state index in [1.807, 2.05) is 5.38 Å². The SMILES string of the molecule is NC(=O)C(C(N)=O)c1ncc2sccc2n1. The summed E-state index contributed by atoms with van der Waals surface area (Å²) in [5.74, 6) is -2.92. The fourth-order valence-electron chi connectivity index (χ4n) is 1.31. The van der Waals surface area contributed by atoms with E-state index in [9.17, 15) is 9.59 Å². The van der Waals surface area contributed by atoms with Gasteiger partial charge in [-0.1, -0.05) is 0 Å². The van der Waals surface area contributed by atoms with Crippen LogP contribution in [0.1, 0.15) is 11.7 Å². The van der Waals surface area contributed by atoms with Crippen molar-refractivity contribution in [3.05, 3.63) is 23.5 Å². The molecule has 7 heteroatoms. The van der Waals surface area contributed by atoms with Gasteiger partial charge in [-0.2, -0.15) is 0 Å². The number of thiophene rings is 1. The van der Waals surface area contributed by atoms with E-state index >= 15 is 0 Å². The Morgan fingerprint density at radius 1 is 1.31 bits per heavy atom. The van der Waals surface area contributed by atoms with Gasteiger partial charge in [0.05, 0.1) is 10.2 Å². The average Bonchev–Trinajstić information content (AvgIpc) is 2.63. The molecule has 2 aromatic heterocycles. The average molecular weight is 236 g/mol. The highest BCUT2D eigenvalue weighted by atomic mass is 32.1. The minimum atomic E-state index is -1.27. The molecule has 2 aromatic rings. The van der Waals surface area contributed by atoms with Gasteiger partial charge in [-0.05, 0) is 11.4 Å². The molecule has 0 saturated heterocycles. The maximum absolute atomic E-state index is 11.1. The minimum absolute atomic E-state index is 0.0471. The number of hydrogen-bond acceptors (Lipinski definition) is 5. The molecule has 0 aliphatic carbocycles. The van der Waals surface area contributed by atoms with E-state index in [2.05, 4.69) is 9.97 Å². The Kier molecular flexibility index (Phi) is 2.53. The van der Waals surface area contributed by atoms with Crippen molar-refractivity contribution in [1.82, 2.24) is 9.97 Å². The van der Waals surface area contributed by atoms with Gasteiger partial charge in [-0.25, -0.2) is 9.97 Å². The van der Waals surface area contributed by atoms with E-state index in [0.717, 1.165) is 4.70 Å². The Morgan fingerprint density at radius 3 is 2.62 bits per heavy atom. The molecule has 82 valence electrons. The van der Waals surface area contributed by atoms with Crippen LogP contribution in [-0.2, 0) is 9.59 Å². The maximum atomic E-state index is 11.1. The van der Waals surface area contributed by atoms with E-state index < -0.39 is 17.7 Å². The molecule has 0 fully saturated rings. The molecule has 0 radical (unpaired) electrons. The fourth-order valence-corrected chi connectivity index (χ4v) is 2.01. The van der Waals surface area contributed by atoms with Crippen LogP contribution in [0.4, 0.5) is 0 Å². The zero-order valence-corrected chi connectivity index (χ0v) is 8.90. The Morgan fingerprint density at radius 2 is 2.00 bits per heavy atom. The quantitative estimate of drug-likeness (QED) is 0.715. The Bertz CT molecular complexity index is 551. The molecular weight excluding hydrogens is 228 g/mol. The number of carbonyl (C=O) groups excluding carboxylic acids is 2. The summed E-state index contributed by atoms with van der Waals surface area (Å²) in [7, 11) is 0. The van der Waals surface area contributed by atoms with Crippen molar-refractivity contribution >= 4 is 33.4 Å². The first kappa shape index (κ1) is 10.5. The third-order valence-electron chi connectivity index (χ3n) is 2.05. The van der Waals surface area contributed by atoms with Gasteiger partial charge in [0.1, 0.15) is 0 Å². The normalized spacial score (nSPS) is 10.8. The number of fused-ring (bicyclic) bond motifs is 1. The van der Waals surface area contributed by atoms with Crippen LogP contribution in [0.3, 0.4) is 0 Å². The topological polar surface area (TPSA) is 112 Å². The van der Waals surface area contributed by atoms with Crippen LogP contribution in [0, 0.1) is 0 Å². The second kappa shape index (κ2) is 3.86. The van der Waals surface area contributed by atoms with Crippen molar-refractivity contribution < 1.29 is 9.59 Å². The summed E-state index contributed by atoms with van der Waals surface area (Å²) >= 11 is 1.47. The van der Waals surface area contributed by atoms with Gasteiger partial charge < -0.3 is 11.5 Å². The summed E-state index contributed by atoms with van der Waals surface area (Å²) in [5, 5.41) is 1.84. The predicted molar refractivity (Wildman–Crippen MR) is 58.5 cm³/mol. The van der Waals surface area contributed by atoms with Gasteiger partial charge >= 0.3 is 0 Å². The molecule has 0 spiro atoms. The zero-order valence-electron chi connectivity index (χ0n) is 8.08. The van der Waals surface area contributed by atoms with Crippen molar-refractivity contribution in [2.45, 2.75) is 5.92 Å². The number of primary amides is 2. The molecule has 16 heavy (non-hydrogen) atoms. The molecule has 0 aromatic carbocycles. The van der Waals surface area contributed by atoms with Gasteiger partial charge in [-0.3, -0.25) is 9.59 Å². The van der Waals surface area contributed by atoms with Gasteiger partial charge in [-0.15, -0.1) is 11.3 Å². The summed E-state index contributed by atoms with van der Waals surface area (Å²) in [5.41, 5.74) is 10.8. The van der Waals surface area contributed by atoms with Crippen molar-refractivity contribution in [3.63, 3.8) is 0 Å². The smallest absolute Gasteiger partial charge is 0.237 e. The first-order valence-electron chi connectivity index (χ1n) is 4.38. The lowest BCUT2D eigenvalue weighted by Gasteiger charge is -2.07. The lowest BCUT2D eigenvalue weighted by molar-refractivity contribution is -0.128. The molecule has 0 aliphatic rings. The van der Waals surface area contributed by atoms with Crippen LogP contribution in [0.15, 0.2) is 17.6 Å². The molecule has 0 saturated carbocycles. The highest BCUT2D eigenvalue weighted by Gasteiger charge is 2.27. The Labute approximate surface area is 94.3 Å². The van der Waals surface area contributed by atoms with E-state index in [1.165, 1.54) is 11.3 Å². The standard InChI is InChI=1S/C9H8N4O2S/c10-7(14)6(8(11)15)9-12-3-5-4(13-9)1-2-16-5/h1-3,6H,(H2,10,14)(H2,11,15). The Hall–Kier alpha value is -2.02. The molecule has 4 N–H and O–H groups in total. The minimum Gasteiger partial charge on any atom is -0.369 e. The van der Waals surface area contributed by atoms with Crippen molar-refractivity contribution in [2.24, 2.45) is 11.5 Å². The molecule has 0 atom stereocenters. The fraction of sp³-hybridized carbons (Fsp3) is 0.111. The molecular formula is C9H8N4O2S. The number of amides is 2. The number of nitrogens with zero attached hydrogens (tertiary/aromatic N) is 2. The van der Waals surface area contributed by atoms with Crippen LogP contribution >= 0.6 is 11.3 Å². The number of rotatable bonds is 3. The maximum Gasteiger partial charge on any atom is 0.237 e. The van der Waals surface area contributed by atoms with Gasteiger partial charge in [0.15, 0.2) is 11.7 Å². The second-order valence-electron chi connectivity index (χ2n) is 3.14. The predicted octanol–water partition coefficient (Wildman–Crippen LogP) is -0.255. The summed E-state index contributed by atoms with van der Waals surface area (Å²) < 4.78 is 0.872. The van der Waals surface area contributed by atoms with Crippen molar-refractivity contribution in [1.29, 1.82) is 0 Å². The highest BCUT2D eigenvalue weighted by molar-refractivity contribution is 7.17. The van der Waals surface area contributed by atoms with Crippen LogP contribution in [0.25, 0.3) is 10.2 Å². The largest absolute Gasteiger partial charge is 0.369 e. The number of hydrogen-bond donors (Lipinski definition) is 2. The molecule has 2 amide bonds. The van der Waals surface area contributed by atoms with E-state index in [-0.39, 0.29) is 5.82 Å². The van der Waals surface area contributed by atoms with Crippen LogP contribution < -0.4 is 11.5 Å². The first-order valence-corrected chi connectivity index (χ1v) is 5.26. The van der Waals surface area contributed by atoms with Crippen molar-refractivity contribution in [2.75, 3.05) is 0 Å². The number of nitrogens with two attached hydrogens (primary N) is 2. The van der Waals surface area contributed by atoms with E-state index in [4.69, 9.17) is 11.5 Å². The van der Waals surface area contributed by atoms with Crippen LogP contribution in [0.2, 0.25) is 0 Å². The summed E-state index contributed by atoms with van der Waals surface area (Å²) in [6.07, 6.45) is 1.54. The van der Waals surface area contributed by atoms with Gasteiger partial charge in [0.2, 0.25) is 11.8 Å². The van der Waals surface area contributed by atoms with Crippen LogP contribution in [-0.4, -0.2) is 21.8 Å². The summed E-state index contributed by atoms with van der Waals surface area (Å²) in [6.45, 7) is 0. The third kappa shape index (κ3) is 1.72. The van der Waals surface area contributed by atoms with Gasteiger partial charge in [0.25, 0.3) is 0 Å². The van der Waals surface area contributed by atoms with Gasteiger partial charge in [0, 0.05) is 6.20 Å². The second-order valence-corrected chi connectivity index (χ2v) is 4.08. The van der Waals surface area contributed by atoms with Crippen molar-refractivity contribution in [3.8, 4) is 0 Å². The van der Waals surface area contributed by atoms with E-state index in [1.54, 1.807) is 12.3 Å². The summed E-state index contributed by atoms with van der Waals surface area (Å²) in [6, 6.07) is 1.77. The highest BCUT2D eigenvalue weighted by Crippen LogP contribution is 2.20. The summed E-state index contributed by atoms with van der Waals surface area (Å²) in [4.78, 5) is 30.1. The zero-order chi connectivity index (χ0) is 11.7. The van der Waals surface area contributed by atoms with Crippen LogP contribution in [0.5, 0.6) is 0 Å².